The Morgan fingerprint density at radius 2 is 1.43 bits per heavy atom. The maximum Gasteiger partial charge on any atom is 0.350 e. The number of halogens is 4. The number of aliphatic hydroxyl groups excluding tert-OH is 1. The lowest BCUT2D eigenvalue weighted by molar-refractivity contribution is -0.347. The fourth-order valence-corrected chi connectivity index (χ4v) is 8.58. The molecule has 4 fully saturated rings. The first-order chi connectivity index (χ1) is 25.3. The van der Waals surface area contributed by atoms with Crippen molar-refractivity contribution < 1.29 is 27.8 Å². The van der Waals surface area contributed by atoms with Crippen LogP contribution in [0.5, 0.6) is 0 Å². The third-order valence-electron chi connectivity index (χ3n) is 11.8. The molecular weight excluding hydrogens is 694 g/mol. The van der Waals surface area contributed by atoms with Gasteiger partial charge in [0.1, 0.15) is 24.3 Å². The molecular formula is C37H39F4N9O3. The largest absolute Gasteiger partial charge is 0.391 e. The highest BCUT2D eigenvalue weighted by atomic mass is 19.3. The zero-order valence-corrected chi connectivity index (χ0v) is 29.2. The predicted molar refractivity (Wildman–Crippen MR) is 186 cm³/mol. The summed E-state index contributed by atoms with van der Waals surface area (Å²) in [4.78, 5) is 17.4. The van der Waals surface area contributed by atoms with Crippen LogP contribution < -0.4 is 15.5 Å². The molecule has 5 aromatic rings. The van der Waals surface area contributed by atoms with Gasteiger partial charge in [-0.2, -0.15) is 5.10 Å². The zero-order valence-electron chi connectivity index (χ0n) is 29.2. The first-order valence-corrected chi connectivity index (χ1v) is 17.6. The normalized spacial score (nSPS) is 23.5. The van der Waals surface area contributed by atoms with Gasteiger partial charge in [0.05, 0.1) is 24.4 Å². The van der Waals surface area contributed by atoms with E-state index < -0.39 is 58.2 Å². The monoisotopic (exact) mass is 733 g/mol. The molecule has 53 heavy (non-hydrogen) atoms. The second kappa shape index (κ2) is 12.5. The van der Waals surface area contributed by atoms with Gasteiger partial charge in [0, 0.05) is 54.6 Å². The molecule has 2 bridgehead atoms. The number of benzene rings is 3. The van der Waals surface area contributed by atoms with Gasteiger partial charge in [-0.1, -0.05) is 12.1 Å². The fraction of sp³-hybridized carbons (Fsp3) is 0.432. The summed E-state index contributed by atoms with van der Waals surface area (Å²) in [6, 6.07) is 17.5. The van der Waals surface area contributed by atoms with Crippen LogP contribution in [0.2, 0.25) is 0 Å². The predicted octanol–water partition coefficient (Wildman–Crippen LogP) is 4.21. The van der Waals surface area contributed by atoms with Crippen molar-refractivity contribution in [3.8, 4) is 5.69 Å². The molecule has 3 aliphatic carbocycles. The van der Waals surface area contributed by atoms with Crippen molar-refractivity contribution in [2.45, 2.75) is 68.7 Å². The van der Waals surface area contributed by atoms with Crippen molar-refractivity contribution in [2.24, 2.45) is 5.41 Å². The summed E-state index contributed by atoms with van der Waals surface area (Å²) in [6.07, 6.45) is 2.15. The number of alkyl halides is 2. The number of hydrogen-bond acceptors (Lipinski definition) is 9. The first-order valence-electron chi connectivity index (χ1n) is 17.6. The van der Waals surface area contributed by atoms with Gasteiger partial charge in [0.15, 0.2) is 5.60 Å². The van der Waals surface area contributed by atoms with E-state index in [1.54, 1.807) is 13.8 Å². The molecule has 3 saturated carbocycles. The number of rotatable bonds is 11. The van der Waals surface area contributed by atoms with Gasteiger partial charge in [-0.05, 0) is 103 Å². The Kier molecular flexibility index (Phi) is 8.25. The Labute approximate surface area is 301 Å². The van der Waals surface area contributed by atoms with Gasteiger partial charge in [0.2, 0.25) is 0 Å². The number of nitrogens with zero attached hydrogens (tertiary/aromatic N) is 9. The lowest BCUT2D eigenvalue weighted by Gasteiger charge is -2.74. The molecule has 3 heterocycles. The van der Waals surface area contributed by atoms with E-state index >= 15 is 8.78 Å². The Hall–Kier alpha value is -5.09. The van der Waals surface area contributed by atoms with Crippen molar-refractivity contribution in [1.29, 1.82) is 0 Å². The third kappa shape index (κ3) is 5.52. The molecule has 12 nitrogen and oxygen atoms in total. The quantitative estimate of drug-likeness (QED) is 0.192. The van der Waals surface area contributed by atoms with Crippen LogP contribution in [0.4, 0.5) is 28.9 Å². The highest BCUT2D eigenvalue weighted by molar-refractivity contribution is 5.55. The van der Waals surface area contributed by atoms with Gasteiger partial charge >= 0.3 is 5.69 Å². The summed E-state index contributed by atoms with van der Waals surface area (Å²) >= 11 is 0. The molecule has 4 aliphatic rings. The summed E-state index contributed by atoms with van der Waals surface area (Å²) in [5.74, 6) is -5.99. The molecule has 3 aromatic carbocycles. The summed E-state index contributed by atoms with van der Waals surface area (Å²) in [6.45, 7) is 5.63. The SMILES string of the molecule is CC(O)C(C)n1ncn(-c2ccc(N3CCN(c4ccc(C56CC(C(F)(F)[C@@](O)(Cn7cnnn7)c7ccc(F)cc7F)(C5)C6)cc4)CC3)cc2)c1=O. The maximum absolute atomic E-state index is 16.6. The van der Waals surface area contributed by atoms with Crippen molar-refractivity contribution in [3.63, 3.8) is 0 Å². The molecule has 9 rings (SSSR count). The van der Waals surface area contributed by atoms with Crippen LogP contribution in [-0.2, 0) is 17.6 Å². The second-order valence-corrected chi connectivity index (χ2v) is 14.9. The van der Waals surface area contributed by atoms with Crippen LogP contribution in [0.3, 0.4) is 0 Å². The number of piperazine rings is 1. The topological polar surface area (TPSA) is 130 Å². The minimum Gasteiger partial charge on any atom is -0.391 e. The van der Waals surface area contributed by atoms with Crippen LogP contribution in [0, 0.1) is 17.0 Å². The number of hydrogen-bond donors (Lipinski definition) is 2. The first kappa shape index (κ1) is 35.0. The van der Waals surface area contributed by atoms with Crippen LogP contribution >= 0.6 is 0 Å². The number of anilines is 2. The molecule has 0 spiro atoms. The van der Waals surface area contributed by atoms with Gasteiger partial charge in [-0.25, -0.2) is 36.3 Å². The van der Waals surface area contributed by atoms with Gasteiger partial charge < -0.3 is 20.0 Å². The highest BCUT2D eigenvalue weighted by Gasteiger charge is 2.82. The number of aliphatic hydroxyl groups is 2. The molecule has 278 valence electrons. The van der Waals surface area contributed by atoms with Crippen molar-refractivity contribution >= 4 is 11.4 Å². The van der Waals surface area contributed by atoms with Crippen molar-refractivity contribution in [1.82, 2.24) is 34.6 Å². The van der Waals surface area contributed by atoms with E-state index in [-0.39, 0.29) is 25.0 Å². The van der Waals surface area contributed by atoms with Crippen LogP contribution in [0.15, 0.2) is 84.2 Å². The number of aromatic nitrogens is 7. The molecule has 2 unspecified atom stereocenters. The van der Waals surface area contributed by atoms with E-state index in [0.717, 1.165) is 66.3 Å². The smallest absolute Gasteiger partial charge is 0.350 e. The van der Waals surface area contributed by atoms with E-state index in [4.69, 9.17) is 0 Å². The standard InChI is InChI=1S/C37H39F4N9O3/c1-24(25(2)51)50-33(52)49(23-43-50)30-10-8-29(9-11-30)47-15-13-46(14-16-47)28-6-3-26(4-7-28)34-18-35(19-34,20-34)37(40,41)36(53,21-48-22-42-44-45-48)31-12-5-27(38)17-32(31)39/h3-12,17,22-25,51,53H,13-16,18-21H2,1-2H3/t24?,25?,34?,35?,36-/m1/s1. The molecule has 3 atom stereocenters. The summed E-state index contributed by atoms with van der Waals surface area (Å²) < 4.78 is 65.5. The minimum absolute atomic E-state index is 0.114. The summed E-state index contributed by atoms with van der Waals surface area (Å²) in [7, 11) is 0. The summed E-state index contributed by atoms with van der Waals surface area (Å²) in [5.41, 5.74) is -2.40. The average Bonchev–Trinajstić information content (AvgIpc) is 3.76. The van der Waals surface area contributed by atoms with Crippen LogP contribution in [0.1, 0.15) is 50.3 Å². The Balaban J connectivity index is 0.907. The van der Waals surface area contributed by atoms with E-state index in [9.17, 15) is 23.8 Å². The van der Waals surface area contributed by atoms with E-state index in [0.29, 0.717) is 11.8 Å². The lowest BCUT2D eigenvalue weighted by atomic mass is 9.30. The summed E-state index contributed by atoms with van der Waals surface area (Å²) in [5, 5.41) is 36.2. The lowest BCUT2D eigenvalue weighted by Crippen LogP contribution is -2.76. The maximum atomic E-state index is 16.6. The molecule has 0 amide bonds. The zero-order chi connectivity index (χ0) is 37.3. The molecule has 2 aromatic heterocycles. The Morgan fingerprint density at radius 3 is 1.98 bits per heavy atom. The van der Waals surface area contributed by atoms with Gasteiger partial charge in [-0.15, -0.1) is 5.10 Å². The average molecular weight is 734 g/mol. The second-order valence-electron chi connectivity index (χ2n) is 14.9. The van der Waals surface area contributed by atoms with E-state index in [1.807, 2.05) is 48.5 Å². The van der Waals surface area contributed by atoms with Crippen molar-refractivity contribution in [2.75, 3.05) is 36.0 Å². The molecule has 1 aliphatic heterocycles. The van der Waals surface area contributed by atoms with E-state index in [1.165, 1.54) is 15.6 Å². The third-order valence-corrected chi connectivity index (χ3v) is 11.8. The van der Waals surface area contributed by atoms with Crippen LogP contribution in [0.25, 0.3) is 5.69 Å². The Morgan fingerprint density at radius 1 is 0.849 bits per heavy atom. The molecule has 0 radical (unpaired) electrons. The minimum atomic E-state index is -3.79. The molecule has 16 heteroatoms. The van der Waals surface area contributed by atoms with Crippen molar-refractivity contribution in [3.05, 3.63) is 113 Å². The van der Waals surface area contributed by atoms with Gasteiger partial charge in [-0.3, -0.25) is 0 Å². The van der Waals surface area contributed by atoms with E-state index in [2.05, 4.69) is 30.4 Å². The highest BCUT2D eigenvalue weighted by Crippen LogP contribution is 2.80. The molecule has 2 N–H and O–H groups in total. The number of tetrazole rings is 1. The molecule has 1 saturated heterocycles. The Bertz CT molecular complexity index is 2140. The van der Waals surface area contributed by atoms with Crippen LogP contribution in [-0.4, -0.2) is 83.0 Å². The fourth-order valence-electron chi connectivity index (χ4n) is 8.58. The van der Waals surface area contributed by atoms with Gasteiger partial charge in [0.25, 0.3) is 5.92 Å².